The van der Waals surface area contributed by atoms with Crippen molar-refractivity contribution < 1.29 is 4.74 Å². The molecule has 0 saturated heterocycles. The van der Waals surface area contributed by atoms with Crippen LogP contribution in [0.4, 0.5) is 0 Å². The Morgan fingerprint density at radius 1 is 1.35 bits per heavy atom. The monoisotopic (exact) mass is 236 g/mol. The van der Waals surface area contributed by atoms with Crippen LogP contribution in [0.25, 0.3) is 0 Å². The Balaban J connectivity index is 2.90. The van der Waals surface area contributed by atoms with E-state index in [1.54, 1.807) is 7.11 Å². The number of aryl methyl sites for hydroxylation is 2. The fraction of sp³-hybridized carbons (Fsp3) is 0.643. The van der Waals surface area contributed by atoms with Crippen LogP contribution in [-0.2, 0) is 6.54 Å². The van der Waals surface area contributed by atoms with Crippen LogP contribution in [0.15, 0.2) is 6.07 Å². The summed E-state index contributed by atoms with van der Waals surface area (Å²) >= 11 is 0. The first kappa shape index (κ1) is 14.0. The van der Waals surface area contributed by atoms with Gasteiger partial charge in [0.15, 0.2) is 0 Å². The molecule has 1 aromatic heterocycles. The van der Waals surface area contributed by atoms with Crippen molar-refractivity contribution in [3.8, 4) is 5.88 Å². The Morgan fingerprint density at radius 2 is 2.00 bits per heavy atom. The predicted octanol–water partition coefficient (Wildman–Crippen LogP) is 2.99. The van der Waals surface area contributed by atoms with Gasteiger partial charge >= 0.3 is 0 Å². The number of methoxy groups -OCH3 is 1. The third-order valence-electron chi connectivity index (χ3n) is 3.26. The summed E-state index contributed by atoms with van der Waals surface area (Å²) < 4.78 is 5.35. The maximum absolute atomic E-state index is 5.35. The van der Waals surface area contributed by atoms with Crippen LogP contribution in [0.5, 0.6) is 5.88 Å². The first-order valence-electron chi connectivity index (χ1n) is 6.15. The Kier molecular flexibility index (Phi) is 4.52. The second kappa shape index (κ2) is 5.50. The molecule has 1 rings (SSSR count). The van der Waals surface area contributed by atoms with Crippen molar-refractivity contribution in [2.24, 2.45) is 0 Å². The Labute approximate surface area is 105 Å². The van der Waals surface area contributed by atoms with Gasteiger partial charge in [0.25, 0.3) is 0 Å². The highest BCUT2D eigenvalue weighted by molar-refractivity contribution is 5.35. The number of nitrogens with one attached hydrogen (secondary N) is 1. The van der Waals surface area contributed by atoms with Crippen molar-refractivity contribution in [1.82, 2.24) is 10.3 Å². The van der Waals surface area contributed by atoms with Crippen LogP contribution >= 0.6 is 0 Å². The lowest BCUT2D eigenvalue weighted by atomic mass is 10.0. The van der Waals surface area contributed by atoms with Crippen molar-refractivity contribution in [1.29, 1.82) is 0 Å². The van der Waals surface area contributed by atoms with Gasteiger partial charge in [0.05, 0.1) is 7.11 Å². The van der Waals surface area contributed by atoms with Gasteiger partial charge in [-0.15, -0.1) is 0 Å². The van der Waals surface area contributed by atoms with E-state index in [1.165, 1.54) is 5.56 Å². The second-order valence-electron chi connectivity index (χ2n) is 5.16. The van der Waals surface area contributed by atoms with Gasteiger partial charge in [0.1, 0.15) is 0 Å². The molecule has 0 aliphatic rings. The van der Waals surface area contributed by atoms with E-state index in [-0.39, 0.29) is 5.54 Å². The molecule has 0 aromatic carbocycles. The standard InChI is InChI=1S/C14H24N2O/c1-7-14(4,5)15-9-12-10(2)8-11(3)16-13(12)17-6/h8,15H,7,9H2,1-6H3. The zero-order valence-corrected chi connectivity index (χ0v) is 11.8. The summed E-state index contributed by atoms with van der Waals surface area (Å²) in [7, 11) is 1.68. The van der Waals surface area contributed by atoms with Crippen LogP contribution in [0, 0.1) is 13.8 Å². The van der Waals surface area contributed by atoms with Gasteiger partial charge in [-0.25, -0.2) is 4.98 Å². The number of aromatic nitrogens is 1. The van der Waals surface area contributed by atoms with E-state index in [1.807, 2.05) is 6.92 Å². The molecule has 1 aromatic rings. The van der Waals surface area contributed by atoms with E-state index >= 15 is 0 Å². The van der Waals surface area contributed by atoms with Crippen molar-refractivity contribution in [3.63, 3.8) is 0 Å². The number of rotatable bonds is 5. The van der Waals surface area contributed by atoms with Crippen molar-refractivity contribution >= 4 is 0 Å². The van der Waals surface area contributed by atoms with Crippen LogP contribution < -0.4 is 10.1 Å². The summed E-state index contributed by atoms with van der Waals surface area (Å²) in [4.78, 5) is 4.42. The quantitative estimate of drug-likeness (QED) is 0.853. The molecule has 0 unspecified atom stereocenters. The zero-order valence-electron chi connectivity index (χ0n) is 11.8. The number of nitrogens with zero attached hydrogens (tertiary/aromatic N) is 1. The Morgan fingerprint density at radius 3 is 2.53 bits per heavy atom. The van der Waals surface area contributed by atoms with Gasteiger partial charge in [0, 0.05) is 23.3 Å². The molecular formula is C14H24N2O. The number of ether oxygens (including phenoxy) is 1. The van der Waals surface area contributed by atoms with E-state index in [0.717, 1.165) is 30.1 Å². The summed E-state index contributed by atoms with van der Waals surface area (Å²) in [5, 5.41) is 3.54. The molecule has 0 bridgehead atoms. The summed E-state index contributed by atoms with van der Waals surface area (Å²) in [5.41, 5.74) is 3.52. The summed E-state index contributed by atoms with van der Waals surface area (Å²) in [6.45, 7) is 11.5. The number of pyridine rings is 1. The molecule has 0 amide bonds. The maximum atomic E-state index is 5.35. The average molecular weight is 236 g/mol. The smallest absolute Gasteiger partial charge is 0.218 e. The van der Waals surface area contributed by atoms with E-state index in [4.69, 9.17) is 4.74 Å². The van der Waals surface area contributed by atoms with Crippen molar-refractivity contribution in [3.05, 3.63) is 22.9 Å². The van der Waals surface area contributed by atoms with Gasteiger partial charge in [-0.2, -0.15) is 0 Å². The first-order chi connectivity index (χ1) is 7.89. The molecule has 3 heteroatoms. The second-order valence-corrected chi connectivity index (χ2v) is 5.16. The molecular weight excluding hydrogens is 212 g/mol. The predicted molar refractivity (Wildman–Crippen MR) is 71.5 cm³/mol. The fourth-order valence-corrected chi connectivity index (χ4v) is 1.67. The Hall–Kier alpha value is -1.09. The summed E-state index contributed by atoms with van der Waals surface area (Å²) in [6, 6.07) is 2.10. The van der Waals surface area contributed by atoms with E-state index in [0.29, 0.717) is 0 Å². The normalized spacial score (nSPS) is 11.6. The van der Waals surface area contributed by atoms with Crippen LogP contribution in [-0.4, -0.2) is 17.6 Å². The third-order valence-corrected chi connectivity index (χ3v) is 3.26. The molecule has 0 saturated carbocycles. The summed E-state index contributed by atoms with van der Waals surface area (Å²) in [5.74, 6) is 0.738. The molecule has 0 atom stereocenters. The number of hydrogen-bond acceptors (Lipinski definition) is 3. The van der Waals surface area contributed by atoms with Crippen molar-refractivity contribution in [2.75, 3.05) is 7.11 Å². The minimum absolute atomic E-state index is 0.141. The highest BCUT2D eigenvalue weighted by Crippen LogP contribution is 2.21. The molecule has 17 heavy (non-hydrogen) atoms. The average Bonchev–Trinajstić information content (AvgIpc) is 2.26. The summed E-state index contributed by atoms with van der Waals surface area (Å²) in [6.07, 6.45) is 1.09. The molecule has 0 radical (unpaired) electrons. The SMILES string of the molecule is CCC(C)(C)NCc1c(C)cc(C)nc1OC. The molecule has 0 aliphatic heterocycles. The fourth-order valence-electron chi connectivity index (χ4n) is 1.67. The van der Waals surface area contributed by atoms with Crippen molar-refractivity contribution in [2.45, 2.75) is 53.1 Å². The zero-order chi connectivity index (χ0) is 13.1. The first-order valence-corrected chi connectivity index (χ1v) is 6.15. The largest absolute Gasteiger partial charge is 0.481 e. The van der Waals surface area contributed by atoms with E-state index in [9.17, 15) is 0 Å². The maximum Gasteiger partial charge on any atom is 0.218 e. The molecule has 3 nitrogen and oxygen atoms in total. The van der Waals surface area contributed by atoms with Gasteiger partial charge in [0.2, 0.25) is 5.88 Å². The third kappa shape index (κ3) is 3.70. The molecule has 0 spiro atoms. The van der Waals surface area contributed by atoms with Gasteiger partial charge in [-0.3, -0.25) is 0 Å². The minimum Gasteiger partial charge on any atom is -0.481 e. The molecule has 0 fully saturated rings. The van der Waals surface area contributed by atoms with Gasteiger partial charge < -0.3 is 10.1 Å². The molecule has 1 N–H and O–H groups in total. The lowest BCUT2D eigenvalue weighted by Gasteiger charge is -2.25. The highest BCUT2D eigenvalue weighted by Gasteiger charge is 2.16. The topological polar surface area (TPSA) is 34.2 Å². The molecule has 0 aliphatic carbocycles. The van der Waals surface area contributed by atoms with Crippen LogP contribution in [0.2, 0.25) is 0 Å². The van der Waals surface area contributed by atoms with Crippen LogP contribution in [0.3, 0.4) is 0 Å². The van der Waals surface area contributed by atoms with Crippen LogP contribution in [0.1, 0.15) is 44.0 Å². The lowest BCUT2D eigenvalue weighted by Crippen LogP contribution is -2.38. The van der Waals surface area contributed by atoms with Gasteiger partial charge in [-0.05, 0) is 45.7 Å². The lowest BCUT2D eigenvalue weighted by molar-refractivity contribution is 0.358. The van der Waals surface area contributed by atoms with E-state index in [2.05, 4.69) is 44.1 Å². The molecule has 1 heterocycles. The Bertz CT molecular complexity index is 386. The molecule has 96 valence electrons. The minimum atomic E-state index is 0.141. The number of hydrogen-bond donors (Lipinski definition) is 1. The van der Waals surface area contributed by atoms with Gasteiger partial charge in [-0.1, -0.05) is 6.92 Å². The van der Waals surface area contributed by atoms with E-state index < -0.39 is 0 Å². The highest BCUT2D eigenvalue weighted by atomic mass is 16.5.